The molecule has 0 aliphatic heterocycles. The van der Waals surface area contributed by atoms with Crippen LogP contribution in [-0.2, 0) is 16.6 Å². The highest BCUT2D eigenvalue weighted by atomic mass is 32.2. The molecule has 8 nitrogen and oxygen atoms in total. The Hall–Kier alpha value is -3.87. The Labute approximate surface area is 199 Å². The molecule has 0 bridgehead atoms. The topological polar surface area (TPSA) is 107 Å². The SMILES string of the molecule is C#CCNS(=O)(=O)c1ccc(C(=O)NCc2cccnc2Oc2ccc(OCCC)cc2)cc1. The summed E-state index contributed by atoms with van der Waals surface area (Å²) in [5.41, 5.74) is 0.991. The molecule has 2 N–H and O–H groups in total. The van der Waals surface area contributed by atoms with Gasteiger partial charge in [-0.2, -0.15) is 4.72 Å². The van der Waals surface area contributed by atoms with Crippen LogP contribution in [0, 0.1) is 12.3 Å². The van der Waals surface area contributed by atoms with Crippen LogP contribution in [0.25, 0.3) is 0 Å². The first kappa shape index (κ1) is 24.8. The third-order valence-corrected chi connectivity index (χ3v) is 6.01. The van der Waals surface area contributed by atoms with Crippen molar-refractivity contribution in [2.75, 3.05) is 13.2 Å². The normalized spacial score (nSPS) is 10.8. The monoisotopic (exact) mass is 479 g/mol. The van der Waals surface area contributed by atoms with Crippen LogP contribution in [0.2, 0.25) is 0 Å². The lowest BCUT2D eigenvalue weighted by molar-refractivity contribution is 0.0950. The average molecular weight is 480 g/mol. The van der Waals surface area contributed by atoms with Crippen molar-refractivity contribution in [3.8, 4) is 29.7 Å². The molecule has 1 heterocycles. The van der Waals surface area contributed by atoms with E-state index in [1.807, 2.05) is 19.1 Å². The molecular formula is C25H25N3O5S. The van der Waals surface area contributed by atoms with Gasteiger partial charge in [-0.15, -0.1) is 6.42 Å². The second-order valence-electron chi connectivity index (χ2n) is 7.13. The van der Waals surface area contributed by atoms with Crippen LogP contribution in [0.15, 0.2) is 71.8 Å². The maximum Gasteiger partial charge on any atom is 0.251 e. The number of carbonyl (C=O) groups is 1. The number of nitrogens with zero attached hydrogens (tertiary/aromatic N) is 1. The molecule has 0 radical (unpaired) electrons. The highest BCUT2D eigenvalue weighted by molar-refractivity contribution is 7.89. The number of hydrogen-bond acceptors (Lipinski definition) is 6. The number of amides is 1. The number of ether oxygens (including phenoxy) is 2. The molecule has 1 amide bonds. The van der Waals surface area contributed by atoms with Gasteiger partial charge in [0, 0.05) is 23.9 Å². The predicted molar refractivity (Wildman–Crippen MR) is 128 cm³/mol. The van der Waals surface area contributed by atoms with Crippen molar-refractivity contribution in [3.63, 3.8) is 0 Å². The van der Waals surface area contributed by atoms with Crippen LogP contribution in [0.4, 0.5) is 0 Å². The zero-order valence-corrected chi connectivity index (χ0v) is 19.5. The van der Waals surface area contributed by atoms with Gasteiger partial charge in [-0.3, -0.25) is 4.79 Å². The van der Waals surface area contributed by atoms with Crippen LogP contribution in [0.3, 0.4) is 0 Å². The van der Waals surface area contributed by atoms with Crippen molar-refractivity contribution < 1.29 is 22.7 Å². The van der Waals surface area contributed by atoms with E-state index >= 15 is 0 Å². The number of rotatable bonds is 11. The lowest BCUT2D eigenvalue weighted by Crippen LogP contribution is -2.25. The fraction of sp³-hybridized carbons (Fsp3) is 0.200. The number of terminal acetylenes is 1. The summed E-state index contributed by atoms with van der Waals surface area (Å²) < 4.78 is 37.9. The molecule has 0 saturated carbocycles. The van der Waals surface area contributed by atoms with Crippen molar-refractivity contribution in [2.45, 2.75) is 24.8 Å². The molecule has 2 aromatic carbocycles. The van der Waals surface area contributed by atoms with Crippen molar-refractivity contribution in [1.82, 2.24) is 15.0 Å². The van der Waals surface area contributed by atoms with E-state index in [0.29, 0.717) is 29.4 Å². The molecule has 0 fully saturated rings. The molecule has 0 spiro atoms. The van der Waals surface area contributed by atoms with E-state index in [0.717, 1.165) is 12.2 Å². The van der Waals surface area contributed by atoms with Crippen molar-refractivity contribution in [3.05, 3.63) is 78.0 Å². The number of nitrogens with one attached hydrogen (secondary N) is 2. The van der Waals surface area contributed by atoms with Gasteiger partial charge in [0.2, 0.25) is 15.9 Å². The van der Waals surface area contributed by atoms with Gasteiger partial charge in [0.1, 0.15) is 11.5 Å². The quantitative estimate of drug-likeness (QED) is 0.408. The zero-order chi connectivity index (χ0) is 24.4. The molecule has 9 heteroatoms. The molecule has 0 saturated heterocycles. The molecule has 0 aliphatic rings. The molecule has 3 rings (SSSR count). The summed E-state index contributed by atoms with van der Waals surface area (Å²) >= 11 is 0. The maximum atomic E-state index is 12.6. The van der Waals surface area contributed by atoms with Gasteiger partial charge in [-0.05, 0) is 61.0 Å². The van der Waals surface area contributed by atoms with Crippen LogP contribution in [-0.4, -0.2) is 32.5 Å². The summed E-state index contributed by atoms with van der Waals surface area (Å²) in [6.45, 7) is 2.74. The Bertz CT molecular complexity index is 1250. The first-order chi connectivity index (χ1) is 16.4. The minimum absolute atomic E-state index is 0.0216. The Morgan fingerprint density at radius 2 is 1.76 bits per heavy atom. The first-order valence-corrected chi connectivity index (χ1v) is 12.1. The third-order valence-electron chi connectivity index (χ3n) is 4.59. The van der Waals surface area contributed by atoms with E-state index in [4.69, 9.17) is 15.9 Å². The van der Waals surface area contributed by atoms with Crippen LogP contribution < -0.4 is 19.5 Å². The van der Waals surface area contributed by atoms with Gasteiger partial charge in [-0.25, -0.2) is 13.4 Å². The minimum atomic E-state index is -3.72. The van der Waals surface area contributed by atoms with Crippen molar-refractivity contribution >= 4 is 15.9 Å². The summed E-state index contributed by atoms with van der Waals surface area (Å²) in [5.74, 6) is 3.55. The van der Waals surface area contributed by atoms with Gasteiger partial charge in [0.05, 0.1) is 18.0 Å². The Morgan fingerprint density at radius 1 is 1.06 bits per heavy atom. The number of carbonyl (C=O) groups excluding carboxylic acids is 1. The van der Waals surface area contributed by atoms with Crippen LogP contribution in [0.1, 0.15) is 29.3 Å². The average Bonchev–Trinajstić information content (AvgIpc) is 2.86. The lowest BCUT2D eigenvalue weighted by atomic mass is 10.2. The number of sulfonamides is 1. The van der Waals surface area contributed by atoms with Crippen molar-refractivity contribution in [1.29, 1.82) is 0 Å². The van der Waals surface area contributed by atoms with Gasteiger partial charge >= 0.3 is 0 Å². The molecule has 3 aromatic rings. The minimum Gasteiger partial charge on any atom is -0.494 e. The molecule has 1 aromatic heterocycles. The summed E-state index contributed by atoms with van der Waals surface area (Å²) in [6, 6.07) is 16.3. The molecule has 0 unspecified atom stereocenters. The standard InChI is InChI=1S/C25H25N3O5S/c1-3-15-28-34(30,31)23-13-7-19(8-14-23)24(29)27-18-20-6-5-16-26-25(20)33-22-11-9-21(10-12-22)32-17-4-2/h1,5-14,16,28H,4,15,17-18H2,2H3,(H,27,29). The molecule has 0 atom stereocenters. The van der Waals surface area contributed by atoms with Gasteiger partial charge < -0.3 is 14.8 Å². The highest BCUT2D eigenvalue weighted by Crippen LogP contribution is 2.25. The highest BCUT2D eigenvalue weighted by Gasteiger charge is 2.15. The van der Waals surface area contributed by atoms with E-state index in [2.05, 4.69) is 20.9 Å². The summed E-state index contributed by atoms with van der Waals surface area (Å²) in [5, 5.41) is 2.80. The number of aromatic nitrogens is 1. The predicted octanol–water partition coefficient (Wildman–Crippen LogP) is 3.50. The van der Waals surface area contributed by atoms with Crippen LogP contribution in [0.5, 0.6) is 17.4 Å². The maximum absolute atomic E-state index is 12.6. The molecule has 34 heavy (non-hydrogen) atoms. The third kappa shape index (κ3) is 6.81. The largest absolute Gasteiger partial charge is 0.494 e. The van der Waals surface area contributed by atoms with E-state index in [-0.39, 0.29) is 23.9 Å². The van der Waals surface area contributed by atoms with Crippen molar-refractivity contribution in [2.24, 2.45) is 0 Å². The molecule has 176 valence electrons. The summed E-state index contributed by atoms with van der Waals surface area (Å²) in [6.07, 6.45) is 7.61. The van der Waals surface area contributed by atoms with E-state index < -0.39 is 10.0 Å². The lowest BCUT2D eigenvalue weighted by Gasteiger charge is -2.12. The number of pyridine rings is 1. The fourth-order valence-corrected chi connectivity index (χ4v) is 3.80. The second kappa shape index (κ2) is 11.8. The van der Waals surface area contributed by atoms with E-state index in [9.17, 15) is 13.2 Å². The Morgan fingerprint density at radius 3 is 2.44 bits per heavy atom. The summed E-state index contributed by atoms with van der Waals surface area (Å²) in [4.78, 5) is 16.9. The van der Waals surface area contributed by atoms with Crippen LogP contribution >= 0.6 is 0 Å². The second-order valence-corrected chi connectivity index (χ2v) is 8.89. The van der Waals surface area contributed by atoms with Gasteiger partial charge in [0.25, 0.3) is 5.91 Å². The molecule has 0 aliphatic carbocycles. The van der Waals surface area contributed by atoms with Gasteiger partial charge in [0.15, 0.2) is 0 Å². The smallest absolute Gasteiger partial charge is 0.251 e. The number of hydrogen-bond donors (Lipinski definition) is 2. The Balaban J connectivity index is 1.63. The zero-order valence-electron chi connectivity index (χ0n) is 18.7. The Kier molecular flexibility index (Phi) is 8.62. The van der Waals surface area contributed by atoms with E-state index in [1.165, 1.54) is 24.3 Å². The fourth-order valence-electron chi connectivity index (χ4n) is 2.87. The summed E-state index contributed by atoms with van der Waals surface area (Å²) in [7, 11) is -3.72. The van der Waals surface area contributed by atoms with Gasteiger partial charge in [-0.1, -0.05) is 18.9 Å². The first-order valence-electron chi connectivity index (χ1n) is 10.6. The number of benzene rings is 2. The molecular weight excluding hydrogens is 454 g/mol. The van der Waals surface area contributed by atoms with E-state index in [1.54, 1.807) is 30.5 Å².